The van der Waals surface area contributed by atoms with E-state index in [9.17, 15) is 17.6 Å². The molecule has 1 aliphatic rings. The first-order valence-corrected chi connectivity index (χ1v) is 4.76. The summed E-state index contributed by atoms with van der Waals surface area (Å²) in [5.41, 5.74) is 0.607. The topological polar surface area (TPSA) is 16.1 Å². The summed E-state index contributed by atoms with van der Waals surface area (Å²) in [6.07, 6.45) is 0. The largest absolute Gasteiger partial charge is 0.344 e. The molecule has 2 rings (SSSR count). The monoisotopic (exact) mass is 234 g/mol. The van der Waals surface area contributed by atoms with E-state index in [2.05, 4.69) is 4.98 Å². The zero-order valence-corrected chi connectivity index (χ0v) is 8.55. The first-order chi connectivity index (χ1) is 7.32. The molecule has 0 N–H and O–H groups in total. The number of aromatic nitrogens is 1. The van der Waals surface area contributed by atoms with Crippen LogP contribution in [-0.4, -0.2) is 29.9 Å². The van der Waals surface area contributed by atoms with Crippen molar-refractivity contribution in [3.05, 3.63) is 23.9 Å². The Bertz CT molecular complexity index is 390. The number of halogens is 4. The van der Waals surface area contributed by atoms with Crippen molar-refractivity contribution in [2.45, 2.75) is 18.8 Å². The van der Waals surface area contributed by atoms with Crippen molar-refractivity contribution < 1.29 is 17.6 Å². The third-order valence-corrected chi connectivity index (χ3v) is 2.51. The van der Waals surface area contributed by atoms with Gasteiger partial charge in [-0.25, -0.2) is 4.98 Å². The van der Waals surface area contributed by atoms with Gasteiger partial charge in [-0.15, -0.1) is 0 Å². The second-order valence-electron chi connectivity index (χ2n) is 3.90. The van der Waals surface area contributed by atoms with Gasteiger partial charge in [0.15, 0.2) is 0 Å². The zero-order valence-electron chi connectivity index (χ0n) is 8.55. The molecule has 1 fully saturated rings. The SMILES string of the molecule is Cc1cccc(N2CC(F)(F)C(F)(F)C2)n1. The van der Waals surface area contributed by atoms with E-state index in [0.29, 0.717) is 5.69 Å². The van der Waals surface area contributed by atoms with Crippen molar-refractivity contribution in [2.24, 2.45) is 0 Å². The predicted octanol–water partition coefficient (Wildman–Crippen LogP) is 2.48. The van der Waals surface area contributed by atoms with Crippen molar-refractivity contribution in [1.82, 2.24) is 4.98 Å². The van der Waals surface area contributed by atoms with Gasteiger partial charge in [0.05, 0.1) is 13.1 Å². The lowest BCUT2D eigenvalue weighted by molar-refractivity contribution is -0.172. The first kappa shape index (κ1) is 11.2. The lowest BCUT2D eigenvalue weighted by Gasteiger charge is -2.15. The fraction of sp³-hybridized carbons (Fsp3) is 0.500. The van der Waals surface area contributed by atoms with Crippen LogP contribution in [0.25, 0.3) is 0 Å². The van der Waals surface area contributed by atoms with Gasteiger partial charge in [-0.2, -0.15) is 17.6 Å². The number of anilines is 1. The van der Waals surface area contributed by atoms with E-state index >= 15 is 0 Å². The van der Waals surface area contributed by atoms with Gasteiger partial charge in [0.25, 0.3) is 0 Å². The van der Waals surface area contributed by atoms with Crippen LogP contribution in [0.3, 0.4) is 0 Å². The van der Waals surface area contributed by atoms with Crippen LogP contribution in [0.5, 0.6) is 0 Å². The number of pyridine rings is 1. The molecule has 0 aliphatic carbocycles. The summed E-state index contributed by atoms with van der Waals surface area (Å²) >= 11 is 0. The van der Waals surface area contributed by atoms with Crippen molar-refractivity contribution in [3.63, 3.8) is 0 Å². The summed E-state index contributed by atoms with van der Waals surface area (Å²) in [4.78, 5) is 4.86. The molecule has 0 atom stereocenters. The Morgan fingerprint density at radius 2 is 1.69 bits per heavy atom. The molecule has 2 nitrogen and oxygen atoms in total. The minimum Gasteiger partial charge on any atom is -0.344 e. The molecule has 0 bridgehead atoms. The van der Waals surface area contributed by atoms with Crippen LogP contribution in [0, 0.1) is 6.92 Å². The van der Waals surface area contributed by atoms with Crippen molar-refractivity contribution in [3.8, 4) is 0 Å². The second kappa shape index (κ2) is 3.33. The molecule has 0 amide bonds. The highest BCUT2D eigenvalue weighted by Gasteiger charge is 2.63. The Morgan fingerprint density at radius 1 is 1.12 bits per heavy atom. The van der Waals surface area contributed by atoms with E-state index in [-0.39, 0.29) is 5.82 Å². The summed E-state index contributed by atoms with van der Waals surface area (Å²) in [6.45, 7) is -0.303. The summed E-state index contributed by atoms with van der Waals surface area (Å²) in [5.74, 6) is -7.81. The molecular weight excluding hydrogens is 224 g/mol. The van der Waals surface area contributed by atoms with Crippen LogP contribution in [0.4, 0.5) is 23.4 Å². The van der Waals surface area contributed by atoms with E-state index in [0.717, 1.165) is 4.90 Å². The number of aryl methyl sites for hydroxylation is 1. The number of rotatable bonds is 1. The highest BCUT2D eigenvalue weighted by atomic mass is 19.3. The molecular formula is C10H10F4N2. The second-order valence-corrected chi connectivity index (χ2v) is 3.90. The number of hydrogen-bond acceptors (Lipinski definition) is 2. The third-order valence-electron chi connectivity index (χ3n) is 2.51. The highest BCUT2D eigenvalue weighted by Crippen LogP contribution is 2.42. The van der Waals surface area contributed by atoms with E-state index in [1.54, 1.807) is 19.1 Å². The molecule has 0 aromatic carbocycles. The van der Waals surface area contributed by atoms with Crippen LogP contribution < -0.4 is 4.90 Å². The van der Waals surface area contributed by atoms with Gasteiger partial charge in [0.1, 0.15) is 5.82 Å². The molecule has 1 aromatic heterocycles. The number of nitrogens with zero attached hydrogens (tertiary/aromatic N) is 2. The Hall–Kier alpha value is -1.33. The van der Waals surface area contributed by atoms with E-state index in [4.69, 9.17) is 0 Å². The van der Waals surface area contributed by atoms with Crippen LogP contribution in [-0.2, 0) is 0 Å². The lowest BCUT2D eigenvalue weighted by atomic mass is 10.2. The average Bonchev–Trinajstić information content (AvgIpc) is 2.36. The molecule has 2 heterocycles. The Labute approximate surface area is 89.9 Å². The van der Waals surface area contributed by atoms with Gasteiger partial charge < -0.3 is 4.90 Å². The molecule has 0 saturated carbocycles. The maximum Gasteiger partial charge on any atom is 0.329 e. The fourth-order valence-corrected chi connectivity index (χ4v) is 1.63. The van der Waals surface area contributed by atoms with Crippen molar-refractivity contribution in [2.75, 3.05) is 18.0 Å². The minimum atomic E-state index is -3.99. The lowest BCUT2D eigenvalue weighted by Crippen LogP contribution is -2.38. The molecule has 1 aliphatic heterocycles. The summed E-state index contributed by atoms with van der Waals surface area (Å²) in [5, 5.41) is 0. The molecule has 1 saturated heterocycles. The van der Waals surface area contributed by atoms with Gasteiger partial charge in [-0.05, 0) is 19.1 Å². The summed E-state index contributed by atoms with van der Waals surface area (Å²) < 4.78 is 51.8. The van der Waals surface area contributed by atoms with Gasteiger partial charge in [-0.3, -0.25) is 0 Å². The van der Waals surface area contributed by atoms with Gasteiger partial charge in [0.2, 0.25) is 0 Å². The quantitative estimate of drug-likeness (QED) is 0.694. The number of alkyl halides is 4. The molecule has 0 radical (unpaired) electrons. The van der Waals surface area contributed by atoms with Crippen LogP contribution >= 0.6 is 0 Å². The van der Waals surface area contributed by atoms with E-state index in [1.165, 1.54) is 6.07 Å². The van der Waals surface area contributed by atoms with Crippen molar-refractivity contribution in [1.29, 1.82) is 0 Å². The maximum atomic E-state index is 12.9. The first-order valence-electron chi connectivity index (χ1n) is 4.76. The fourth-order valence-electron chi connectivity index (χ4n) is 1.63. The number of hydrogen-bond donors (Lipinski definition) is 0. The molecule has 1 aromatic rings. The van der Waals surface area contributed by atoms with Crippen LogP contribution in [0.2, 0.25) is 0 Å². The van der Waals surface area contributed by atoms with E-state index < -0.39 is 24.9 Å². The molecule has 88 valence electrons. The Morgan fingerprint density at radius 3 is 2.19 bits per heavy atom. The van der Waals surface area contributed by atoms with Gasteiger partial charge in [0, 0.05) is 5.69 Å². The van der Waals surface area contributed by atoms with Crippen LogP contribution in [0.1, 0.15) is 5.69 Å². The molecule has 6 heteroatoms. The molecule has 0 unspecified atom stereocenters. The van der Waals surface area contributed by atoms with Gasteiger partial charge >= 0.3 is 11.8 Å². The van der Waals surface area contributed by atoms with Gasteiger partial charge in [-0.1, -0.05) is 6.07 Å². The summed E-state index contributed by atoms with van der Waals surface area (Å²) in [7, 11) is 0. The normalized spacial score (nSPS) is 22.4. The Kier molecular flexibility index (Phi) is 2.32. The minimum absolute atomic E-state index is 0.164. The standard InChI is InChI=1S/C10H10F4N2/c1-7-3-2-4-8(15-7)16-5-9(11,12)10(13,14)6-16/h2-4H,5-6H2,1H3. The molecule has 0 spiro atoms. The zero-order chi connectivity index (χ0) is 12.0. The Balaban J connectivity index is 2.27. The average molecular weight is 234 g/mol. The van der Waals surface area contributed by atoms with Crippen molar-refractivity contribution >= 4 is 5.82 Å². The maximum absolute atomic E-state index is 12.9. The van der Waals surface area contributed by atoms with E-state index in [1.807, 2.05) is 0 Å². The van der Waals surface area contributed by atoms with Crippen LogP contribution in [0.15, 0.2) is 18.2 Å². The smallest absolute Gasteiger partial charge is 0.329 e. The summed E-state index contributed by atoms with van der Waals surface area (Å²) in [6, 6.07) is 4.73. The highest BCUT2D eigenvalue weighted by molar-refractivity contribution is 5.42. The molecule has 16 heavy (non-hydrogen) atoms. The third kappa shape index (κ3) is 1.72. The predicted molar refractivity (Wildman–Crippen MR) is 51.1 cm³/mol.